The molecule has 5 nitrogen and oxygen atoms in total. The number of carbonyl (C=O) groups is 2. The van der Waals surface area contributed by atoms with Crippen LogP contribution >= 0.6 is 0 Å². The van der Waals surface area contributed by atoms with Gasteiger partial charge in [-0.05, 0) is 30.0 Å². The van der Waals surface area contributed by atoms with Crippen molar-refractivity contribution in [3.05, 3.63) is 35.4 Å². The van der Waals surface area contributed by atoms with Gasteiger partial charge in [-0.15, -0.1) is 0 Å². The fourth-order valence-electron chi connectivity index (χ4n) is 1.89. The molecule has 0 aromatic heterocycles. The largest absolute Gasteiger partial charge is 0.478 e. The molecule has 0 radical (unpaired) electrons. The van der Waals surface area contributed by atoms with Gasteiger partial charge in [0.15, 0.2) is 0 Å². The Morgan fingerprint density at radius 2 is 1.95 bits per heavy atom. The second kappa shape index (κ2) is 8.32. The van der Waals surface area contributed by atoms with E-state index in [0.717, 1.165) is 5.56 Å². The molecule has 0 aliphatic heterocycles. The predicted molar refractivity (Wildman–Crippen MR) is 75.8 cm³/mol. The number of ether oxygens (including phenoxy) is 1. The predicted octanol–water partition coefficient (Wildman–Crippen LogP) is 1.72. The van der Waals surface area contributed by atoms with E-state index in [2.05, 4.69) is 5.32 Å². The molecular weight excluding hydrogens is 258 g/mol. The van der Waals surface area contributed by atoms with Crippen molar-refractivity contribution in [3.63, 3.8) is 0 Å². The summed E-state index contributed by atoms with van der Waals surface area (Å²) in [4.78, 5) is 22.3. The van der Waals surface area contributed by atoms with Crippen LogP contribution in [0.4, 0.5) is 0 Å². The molecule has 0 spiro atoms. The Kier molecular flexibility index (Phi) is 6.73. The fourth-order valence-corrected chi connectivity index (χ4v) is 1.89. The van der Waals surface area contributed by atoms with Gasteiger partial charge in [-0.3, -0.25) is 4.79 Å². The normalized spacial score (nSPS) is 11.9. The van der Waals surface area contributed by atoms with Crippen molar-refractivity contribution < 1.29 is 19.4 Å². The van der Waals surface area contributed by atoms with Gasteiger partial charge in [-0.25, -0.2) is 4.79 Å². The monoisotopic (exact) mass is 279 g/mol. The first-order valence-corrected chi connectivity index (χ1v) is 6.60. The number of carboxylic acids is 1. The van der Waals surface area contributed by atoms with Crippen molar-refractivity contribution in [3.8, 4) is 0 Å². The highest BCUT2D eigenvalue weighted by Crippen LogP contribution is 2.05. The number of hydrogen-bond acceptors (Lipinski definition) is 3. The van der Waals surface area contributed by atoms with Crippen molar-refractivity contribution in [2.75, 3.05) is 20.3 Å². The number of methoxy groups -OCH3 is 1. The van der Waals surface area contributed by atoms with Gasteiger partial charge in [0, 0.05) is 26.7 Å². The molecule has 0 fully saturated rings. The summed E-state index contributed by atoms with van der Waals surface area (Å²) in [5.41, 5.74) is 1.27. The van der Waals surface area contributed by atoms with Crippen molar-refractivity contribution in [1.29, 1.82) is 0 Å². The highest BCUT2D eigenvalue weighted by molar-refractivity contribution is 5.87. The highest BCUT2D eigenvalue weighted by atomic mass is 16.5. The number of hydrogen-bond donors (Lipinski definition) is 2. The van der Waals surface area contributed by atoms with Crippen LogP contribution in [0.1, 0.15) is 29.3 Å². The third-order valence-corrected chi connectivity index (χ3v) is 2.92. The Morgan fingerprint density at radius 3 is 2.50 bits per heavy atom. The molecule has 0 saturated carbocycles. The second-order valence-electron chi connectivity index (χ2n) is 4.87. The topological polar surface area (TPSA) is 75.6 Å². The molecule has 0 heterocycles. The van der Waals surface area contributed by atoms with Crippen molar-refractivity contribution in [2.24, 2.45) is 5.92 Å². The Balaban J connectivity index is 2.30. The van der Waals surface area contributed by atoms with Crippen LogP contribution in [0, 0.1) is 5.92 Å². The molecule has 0 aliphatic rings. The fraction of sp³-hybridized carbons (Fsp3) is 0.467. The summed E-state index contributed by atoms with van der Waals surface area (Å²) in [6.07, 6.45) is 1.14. The molecule has 1 rings (SSSR count). The second-order valence-corrected chi connectivity index (χ2v) is 4.87. The minimum Gasteiger partial charge on any atom is -0.478 e. The lowest BCUT2D eigenvalue weighted by atomic mass is 10.1. The summed E-state index contributed by atoms with van der Waals surface area (Å²) in [5.74, 6) is -0.719. The van der Waals surface area contributed by atoms with Gasteiger partial charge in [-0.2, -0.15) is 0 Å². The molecule has 1 amide bonds. The zero-order valence-corrected chi connectivity index (χ0v) is 11.9. The molecule has 1 atom stereocenters. The Morgan fingerprint density at radius 1 is 1.30 bits per heavy atom. The average Bonchev–Trinajstić information content (AvgIpc) is 2.39. The van der Waals surface area contributed by atoms with E-state index in [1.54, 1.807) is 31.4 Å². The van der Waals surface area contributed by atoms with Gasteiger partial charge in [0.05, 0.1) is 5.56 Å². The molecule has 1 aromatic rings. The first-order chi connectivity index (χ1) is 9.52. The van der Waals surface area contributed by atoms with Crippen LogP contribution in [0.5, 0.6) is 0 Å². The zero-order valence-electron chi connectivity index (χ0n) is 11.9. The molecule has 0 saturated heterocycles. The summed E-state index contributed by atoms with van der Waals surface area (Å²) in [7, 11) is 1.62. The lowest BCUT2D eigenvalue weighted by molar-refractivity contribution is -0.122. The van der Waals surface area contributed by atoms with E-state index in [1.807, 2.05) is 6.92 Å². The van der Waals surface area contributed by atoms with Gasteiger partial charge in [0.1, 0.15) is 0 Å². The van der Waals surface area contributed by atoms with Crippen LogP contribution < -0.4 is 5.32 Å². The van der Waals surface area contributed by atoms with Gasteiger partial charge >= 0.3 is 5.97 Å². The van der Waals surface area contributed by atoms with E-state index in [9.17, 15) is 9.59 Å². The van der Waals surface area contributed by atoms with Crippen LogP contribution in [0.3, 0.4) is 0 Å². The number of nitrogens with one attached hydrogen (secondary N) is 1. The molecule has 1 aromatic carbocycles. The molecule has 0 aliphatic carbocycles. The van der Waals surface area contributed by atoms with Crippen molar-refractivity contribution in [2.45, 2.75) is 19.8 Å². The average molecular weight is 279 g/mol. The first kappa shape index (κ1) is 16.2. The quantitative estimate of drug-likeness (QED) is 0.759. The number of carboxylic acid groups (broad SMARTS) is 1. The standard InChI is InChI=1S/C15H21NO4/c1-11(10-20-2)9-14(17)16-8-7-12-3-5-13(6-4-12)15(18)19/h3-6,11H,7-10H2,1-2H3,(H,16,17)(H,18,19). The number of aromatic carboxylic acids is 1. The van der Waals surface area contributed by atoms with E-state index in [1.165, 1.54) is 0 Å². The lowest BCUT2D eigenvalue weighted by Crippen LogP contribution is -2.27. The van der Waals surface area contributed by atoms with Crippen molar-refractivity contribution >= 4 is 11.9 Å². The first-order valence-electron chi connectivity index (χ1n) is 6.60. The smallest absolute Gasteiger partial charge is 0.335 e. The van der Waals surface area contributed by atoms with Gasteiger partial charge in [-0.1, -0.05) is 19.1 Å². The van der Waals surface area contributed by atoms with Gasteiger partial charge < -0.3 is 15.2 Å². The van der Waals surface area contributed by atoms with Crippen molar-refractivity contribution in [1.82, 2.24) is 5.32 Å². The Labute approximate surface area is 118 Å². The summed E-state index contributed by atoms with van der Waals surface area (Å²) >= 11 is 0. The zero-order chi connectivity index (χ0) is 15.0. The number of rotatable bonds is 8. The molecule has 0 bridgehead atoms. The number of amides is 1. The molecule has 5 heteroatoms. The number of benzene rings is 1. The van der Waals surface area contributed by atoms with E-state index in [-0.39, 0.29) is 17.4 Å². The Hall–Kier alpha value is -1.88. The molecule has 1 unspecified atom stereocenters. The van der Waals surface area contributed by atoms with Gasteiger partial charge in [0.25, 0.3) is 0 Å². The third-order valence-electron chi connectivity index (χ3n) is 2.92. The molecular formula is C15H21NO4. The van der Waals surface area contributed by atoms with E-state index in [4.69, 9.17) is 9.84 Å². The minimum absolute atomic E-state index is 0.0108. The van der Waals surface area contributed by atoms with Gasteiger partial charge in [0.2, 0.25) is 5.91 Å². The maximum atomic E-state index is 11.6. The minimum atomic E-state index is -0.933. The molecule has 2 N–H and O–H groups in total. The van der Waals surface area contributed by atoms with E-state index >= 15 is 0 Å². The Bertz CT molecular complexity index is 442. The maximum Gasteiger partial charge on any atom is 0.335 e. The van der Waals surface area contributed by atoms with Crippen LogP contribution in [0.15, 0.2) is 24.3 Å². The summed E-state index contributed by atoms with van der Waals surface area (Å²) < 4.78 is 4.98. The maximum absolute atomic E-state index is 11.6. The summed E-state index contributed by atoms with van der Waals surface area (Å²) in [6.45, 7) is 3.09. The SMILES string of the molecule is COCC(C)CC(=O)NCCc1ccc(C(=O)O)cc1. The lowest BCUT2D eigenvalue weighted by Gasteiger charge is -2.10. The van der Waals surface area contributed by atoms with E-state index < -0.39 is 5.97 Å². The molecule has 110 valence electrons. The summed E-state index contributed by atoms with van der Waals surface area (Å²) in [6, 6.07) is 6.67. The van der Waals surface area contributed by atoms with Crippen LogP contribution in [-0.4, -0.2) is 37.2 Å². The summed E-state index contributed by atoms with van der Waals surface area (Å²) in [5, 5.41) is 11.6. The van der Waals surface area contributed by atoms with Crippen LogP contribution in [0.2, 0.25) is 0 Å². The van der Waals surface area contributed by atoms with Crippen LogP contribution in [0.25, 0.3) is 0 Å². The molecule has 20 heavy (non-hydrogen) atoms. The van der Waals surface area contributed by atoms with Crippen LogP contribution in [-0.2, 0) is 16.0 Å². The number of carbonyl (C=O) groups excluding carboxylic acids is 1. The van der Waals surface area contributed by atoms with E-state index in [0.29, 0.717) is 26.0 Å². The highest BCUT2D eigenvalue weighted by Gasteiger charge is 2.08. The third kappa shape index (κ3) is 5.84.